The second-order valence-corrected chi connectivity index (χ2v) is 8.20. The highest BCUT2D eigenvalue weighted by molar-refractivity contribution is 5.94. The normalized spacial score (nSPS) is 15.7. The maximum absolute atomic E-state index is 13.4. The molecule has 1 aliphatic rings. The Morgan fingerprint density at radius 1 is 1.03 bits per heavy atom. The van der Waals surface area contributed by atoms with E-state index in [9.17, 15) is 4.79 Å². The Morgan fingerprint density at radius 2 is 1.85 bits per heavy atom. The van der Waals surface area contributed by atoms with E-state index in [-0.39, 0.29) is 11.9 Å². The molecule has 1 saturated heterocycles. The zero-order valence-electron chi connectivity index (χ0n) is 18.8. The molecular formula is C26H26N4O3. The third-order valence-corrected chi connectivity index (χ3v) is 6.26. The molecule has 0 radical (unpaired) electrons. The molecule has 168 valence electrons. The molecule has 0 spiro atoms. The predicted octanol–water partition coefficient (Wildman–Crippen LogP) is 4.47. The summed E-state index contributed by atoms with van der Waals surface area (Å²) in [5.74, 6) is 1.56. The maximum atomic E-state index is 13.4. The first-order valence-electron chi connectivity index (χ1n) is 11.1. The molecule has 1 amide bonds. The van der Waals surface area contributed by atoms with Gasteiger partial charge in [0, 0.05) is 17.7 Å². The number of carbonyl (C=O) groups is 1. The van der Waals surface area contributed by atoms with Gasteiger partial charge in [0.2, 0.25) is 0 Å². The van der Waals surface area contributed by atoms with Gasteiger partial charge in [0.15, 0.2) is 0 Å². The SMILES string of the molecule is COc1ccc(OC)c([C@H]2CCCN2C(=O)c2ccc(Cn3nnc4ccccc43)cc2)c1. The summed E-state index contributed by atoms with van der Waals surface area (Å²) < 4.78 is 12.9. The van der Waals surface area contributed by atoms with Crippen LogP contribution < -0.4 is 9.47 Å². The fraction of sp³-hybridized carbons (Fsp3) is 0.269. The van der Waals surface area contributed by atoms with Crippen molar-refractivity contribution in [3.63, 3.8) is 0 Å². The Bertz CT molecular complexity index is 1280. The van der Waals surface area contributed by atoms with E-state index in [1.165, 1.54) is 0 Å². The monoisotopic (exact) mass is 442 g/mol. The van der Waals surface area contributed by atoms with Crippen molar-refractivity contribution in [3.8, 4) is 11.5 Å². The summed E-state index contributed by atoms with van der Waals surface area (Å²) in [5.41, 5.74) is 4.59. The quantitative estimate of drug-likeness (QED) is 0.441. The van der Waals surface area contributed by atoms with Crippen molar-refractivity contribution < 1.29 is 14.3 Å². The summed E-state index contributed by atoms with van der Waals surface area (Å²) in [6.07, 6.45) is 1.85. The van der Waals surface area contributed by atoms with E-state index in [1.54, 1.807) is 14.2 Å². The van der Waals surface area contributed by atoms with Gasteiger partial charge in [-0.05, 0) is 60.9 Å². The summed E-state index contributed by atoms with van der Waals surface area (Å²) in [4.78, 5) is 15.4. The lowest BCUT2D eigenvalue weighted by Gasteiger charge is -2.27. The third kappa shape index (κ3) is 4.02. The Kier molecular flexibility index (Phi) is 5.69. The fourth-order valence-electron chi connectivity index (χ4n) is 4.56. The lowest BCUT2D eigenvalue weighted by atomic mass is 10.0. The highest BCUT2D eigenvalue weighted by Gasteiger charge is 2.32. The lowest BCUT2D eigenvalue weighted by molar-refractivity contribution is 0.0734. The number of methoxy groups -OCH3 is 2. The first kappa shape index (κ1) is 21.0. The summed E-state index contributed by atoms with van der Waals surface area (Å²) in [6, 6.07) is 21.4. The van der Waals surface area contributed by atoms with Crippen LogP contribution in [0.5, 0.6) is 11.5 Å². The Morgan fingerprint density at radius 3 is 2.64 bits per heavy atom. The maximum Gasteiger partial charge on any atom is 0.254 e. The molecule has 33 heavy (non-hydrogen) atoms. The number of carbonyl (C=O) groups excluding carboxylic acids is 1. The van der Waals surface area contributed by atoms with Gasteiger partial charge in [-0.15, -0.1) is 5.10 Å². The number of para-hydroxylation sites is 1. The van der Waals surface area contributed by atoms with Crippen molar-refractivity contribution in [2.45, 2.75) is 25.4 Å². The number of hydrogen-bond acceptors (Lipinski definition) is 5. The molecule has 0 aliphatic carbocycles. The van der Waals surface area contributed by atoms with E-state index in [2.05, 4.69) is 10.3 Å². The van der Waals surface area contributed by atoms with Gasteiger partial charge in [0.05, 0.1) is 32.3 Å². The van der Waals surface area contributed by atoms with Crippen LogP contribution in [0.4, 0.5) is 0 Å². The van der Waals surface area contributed by atoms with E-state index in [0.29, 0.717) is 12.1 Å². The second-order valence-electron chi connectivity index (χ2n) is 8.20. The Hall–Kier alpha value is -3.87. The van der Waals surface area contributed by atoms with Gasteiger partial charge in [-0.1, -0.05) is 29.5 Å². The van der Waals surface area contributed by atoms with Crippen LogP contribution >= 0.6 is 0 Å². The number of benzene rings is 3. The van der Waals surface area contributed by atoms with Crippen LogP contribution in [-0.4, -0.2) is 46.6 Å². The number of nitrogens with zero attached hydrogens (tertiary/aromatic N) is 4. The van der Waals surface area contributed by atoms with E-state index < -0.39 is 0 Å². The van der Waals surface area contributed by atoms with Crippen molar-refractivity contribution in [3.05, 3.63) is 83.4 Å². The minimum absolute atomic E-state index is 0.0279. The van der Waals surface area contributed by atoms with Crippen LogP contribution in [0, 0.1) is 0 Å². The zero-order chi connectivity index (χ0) is 22.8. The molecule has 0 saturated carbocycles. The molecule has 4 aromatic rings. The third-order valence-electron chi connectivity index (χ3n) is 6.26. The average molecular weight is 443 g/mol. The van der Waals surface area contributed by atoms with Crippen LogP contribution in [-0.2, 0) is 6.54 Å². The van der Waals surface area contributed by atoms with E-state index in [0.717, 1.165) is 53.0 Å². The molecule has 1 fully saturated rings. The first-order valence-corrected chi connectivity index (χ1v) is 11.1. The molecule has 5 rings (SSSR count). The topological polar surface area (TPSA) is 69.5 Å². The molecule has 1 aromatic heterocycles. The molecule has 1 atom stereocenters. The number of fused-ring (bicyclic) bond motifs is 1. The van der Waals surface area contributed by atoms with Crippen LogP contribution in [0.1, 0.15) is 40.4 Å². The molecule has 7 heteroatoms. The van der Waals surface area contributed by atoms with E-state index in [4.69, 9.17) is 9.47 Å². The highest BCUT2D eigenvalue weighted by Crippen LogP contribution is 2.39. The highest BCUT2D eigenvalue weighted by atomic mass is 16.5. The summed E-state index contributed by atoms with van der Waals surface area (Å²) >= 11 is 0. The number of likely N-dealkylation sites (tertiary alicyclic amines) is 1. The molecule has 3 aromatic carbocycles. The smallest absolute Gasteiger partial charge is 0.254 e. The molecule has 0 unspecified atom stereocenters. The number of aromatic nitrogens is 3. The summed E-state index contributed by atoms with van der Waals surface area (Å²) in [6.45, 7) is 1.32. The second kappa shape index (κ2) is 8.94. The van der Waals surface area contributed by atoms with Crippen molar-refractivity contribution in [2.75, 3.05) is 20.8 Å². The van der Waals surface area contributed by atoms with Gasteiger partial charge in [0.1, 0.15) is 17.0 Å². The summed E-state index contributed by atoms with van der Waals surface area (Å²) in [5, 5.41) is 8.46. The van der Waals surface area contributed by atoms with Crippen molar-refractivity contribution in [2.24, 2.45) is 0 Å². The predicted molar refractivity (Wildman–Crippen MR) is 126 cm³/mol. The zero-order valence-corrected chi connectivity index (χ0v) is 18.8. The van der Waals surface area contributed by atoms with Gasteiger partial charge in [-0.2, -0.15) is 0 Å². The Balaban J connectivity index is 1.36. The molecule has 2 heterocycles. The van der Waals surface area contributed by atoms with Crippen LogP contribution in [0.2, 0.25) is 0 Å². The molecule has 1 aliphatic heterocycles. The van der Waals surface area contributed by atoms with Crippen LogP contribution in [0.3, 0.4) is 0 Å². The lowest BCUT2D eigenvalue weighted by Crippen LogP contribution is -2.30. The molecule has 0 bridgehead atoms. The minimum Gasteiger partial charge on any atom is -0.497 e. The largest absolute Gasteiger partial charge is 0.497 e. The minimum atomic E-state index is -0.0382. The van der Waals surface area contributed by atoms with Crippen LogP contribution in [0.15, 0.2) is 66.7 Å². The molecule has 0 N–H and O–H groups in total. The number of rotatable bonds is 6. The van der Waals surface area contributed by atoms with Crippen molar-refractivity contribution in [1.29, 1.82) is 0 Å². The summed E-state index contributed by atoms with van der Waals surface area (Å²) in [7, 11) is 3.30. The van der Waals surface area contributed by atoms with Crippen molar-refractivity contribution >= 4 is 16.9 Å². The molecular weight excluding hydrogens is 416 g/mol. The molecule has 7 nitrogen and oxygen atoms in total. The van der Waals surface area contributed by atoms with E-state index in [1.807, 2.05) is 76.3 Å². The fourth-order valence-corrected chi connectivity index (χ4v) is 4.56. The van der Waals surface area contributed by atoms with Gasteiger partial charge >= 0.3 is 0 Å². The standard InChI is InChI=1S/C26H26N4O3/c1-32-20-13-14-25(33-2)21(16-20)23-8-5-15-29(23)26(31)19-11-9-18(10-12-19)17-30-24-7-4-3-6-22(24)27-28-30/h3-4,6-7,9-14,16,23H,5,8,15,17H2,1-2H3/t23-/m1/s1. The van der Waals surface area contributed by atoms with Crippen molar-refractivity contribution in [1.82, 2.24) is 19.9 Å². The number of ether oxygens (including phenoxy) is 2. The van der Waals surface area contributed by atoms with Gasteiger partial charge < -0.3 is 14.4 Å². The van der Waals surface area contributed by atoms with Gasteiger partial charge in [0.25, 0.3) is 5.91 Å². The Labute approximate surface area is 192 Å². The van der Waals surface area contributed by atoms with Gasteiger partial charge in [-0.25, -0.2) is 4.68 Å². The van der Waals surface area contributed by atoms with Crippen LogP contribution in [0.25, 0.3) is 11.0 Å². The average Bonchev–Trinajstić information content (AvgIpc) is 3.51. The number of hydrogen-bond donors (Lipinski definition) is 0. The van der Waals surface area contributed by atoms with Gasteiger partial charge in [-0.3, -0.25) is 4.79 Å². The number of amides is 1. The first-order chi connectivity index (χ1) is 16.2. The van der Waals surface area contributed by atoms with E-state index >= 15 is 0 Å².